The normalized spacial score (nSPS) is 19.2. The van der Waals surface area contributed by atoms with Gasteiger partial charge >= 0.3 is 0 Å². The summed E-state index contributed by atoms with van der Waals surface area (Å²) in [6, 6.07) is 10.7. The van der Waals surface area contributed by atoms with Gasteiger partial charge in [-0.2, -0.15) is 0 Å². The molecule has 4 N–H and O–H groups in total. The Bertz CT molecular complexity index is 1370. The van der Waals surface area contributed by atoms with E-state index in [0.717, 1.165) is 5.56 Å². The Morgan fingerprint density at radius 1 is 0.912 bits per heavy atom. The average molecular weight is 463 g/mol. The van der Waals surface area contributed by atoms with Crippen molar-refractivity contribution in [2.24, 2.45) is 0 Å². The number of rotatable bonds is 5. The van der Waals surface area contributed by atoms with Gasteiger partial charge in [-0.3, -0.25) is 19.8 Å². The fraction of sp³-hybridized carbons (Fsp3) is 0.280. The lowest BCUT2D eigenvalue weighted by Gasteiger charge is -2.35. The van der Waals surface area contributed by atoms with Crippen LogP contribution in [0.3, 0.4) is 0 Å². The number of Topliss-reactive ketones (excluding diaryl/α,β-unsaturated/α-hetero) is 1. The lowest BCUT2D eigenvalue weighted by molar-refractivity contribution is -0.116. The molecule has 34 heavy (non-hydrogen) atoms. The van der Waals surface area contributed by atoms with E-state index in [0.29, 0.717) is 46.1 Å². The van der Waals surface area contributed by atoms with E-state index in [-0.39, 0.29) is 35.2 Å². The van der Waals surface area contributed by atoms with Crippen molar-refractivity contribution in [1.82, 2.24) is 10.2 Å². The number of aromatic nitrogens is 2. The first-order chi connectivity index (χ1) is 16.5. The molecule has 0 fully saturated rings. The topological polar surface area (TPSA) is 126 Å². The quantitative estimate of drug-likeness (QED) is 0.457. The summed E-state index contributed by atoms with van der Waals surface area (Å²) in [7, 11) is 4.61. The second-order valence-electron chi connectivity index (χ2n) is 8.36. The number of hydrogen-bond donors (Lipinski definition) is 4. The summed E-state index contributed by atoms with van der Waals surface area (Å²) in [6.07, 6.45) is 0.805. The van der Waals surface area contributed by atoms with Crippen LogP contribution in [-0.2, 0) is 4.79 Å². The number of nitrogens with one attached hydrogen (secondary N) is 3. The van der Waals surface area contributed by atoms with E-state index in [1.54, 1.807) is 32.4 Å². The van der Waals surface area contributed by atoms with Crippen molar-refractivity contribution < 1.29 is 24.1 Å². The number of methoxy groups -OCH3 is 3. The number of phenols is 1. The number of phenolic OH excluding ortho intramolecular Hbond substituents is 1. The molecule has 0 saturated carbocycles. The molecular formula is C25H25N3O6. The van der Waals surface area contributed by atoms with Gasteiger partial charge in [-0.05, 0) is 36.1 Å². The lowest BCUT2D eigenvalue weighted by Crippen LogP contribution is -2.31. The lowest BCUT2D eigenvalue weighted by atomic mass is 9.72. The number of aromatic hydroxyl groups is 1. The second kappa shape index (κ2) is 8.33. The van der Waals surface area contributed by atoms with E-state index in [4.69, 9.17) is 14.2 Å². The minimum atomic E-state index is -0.727. The molecule has 0 saturated heterocycles. The molecule has 3 aromatic rings. The molecule has 1 aromatic heterocycles. The number of ether oxygens (including phenoxy) is 3. The molecule has 2 heterocycles. The van der Waals surface area contributed by atoms with Gasteiger partial charge in [-0.25, -0.2) is 0 Å². The Labute approximate surface area is 195 Å². The molecular weight excluding hydrogens is 438 g/mol. The Morgan fingerprint density at radius 3 is 2.41 bits per heavy atom. The van der Waals surface area contributed by atoms with Crippen LogP contribution < -0.4 is 25.1 Å². The first-order valence-corrected chi connectivity index (χ1v) is 10.9. The van der Waals surface area contributed by atoms with Crippen LogP contribution in [0.2, 0.25) is 0 Å². The van der Waals surface area contributed by atoms with E-state index in [1.165, 1.54) is 7.11 Å². The van der Waals surface area contributed by atoms with Crippen LogP contribution in [0.25, 0.3) is 0 Å². The zero-order valence-electron chi connectivity index (χ0n) is 19.0. The third-order valence-corrected chi connectivity index (χ3v) is 6.62. The van der Waals surface area contributed by atoms with Crippen LogP contribution in [-0.4, -0.2) is 42.4 Å². The van der Waals surface area contributed by atoms with Gasteiger partial charge in [0.2, 0.25) is 0 Å². The fourth-order valence-electron chi connectivity index (χ4n) is 5.01. The van der Waals surface area contributed by atoms with Crippen molar-refractivity contribution >= 4 is 11.6 Å². The summed E-state index contributed by atoms with van der Waals surface area (Å²) in [5, 5.41) is 19.6. The van der Waals surface area contributed by atoms with E-state index >= 15 is 0 Å². The molecule has 1 aliphatic carbocycles. The van der Waals surface area contributed by atoms with Gasteiger partial charge in [0.25, 0.3) is 5.56 Å². The van der Waals surface area contributed by atoms with Gasteiger partial charge in [0.1, 0.15) is 5.82 Å². The zero-order valence-corrected chi connectivity index (χ0v) is 19.0. The summed E-state index contributed by atoms with van der Waals surface area (Å²) >= 11 is 0. The molecule has 1 aliphatic heterocycles. The number of H-pyrrole nitrogens is 2. The zero-order chi connectivity index (χ0) is 24.0. The van der Waals surface area contributed by atoms with Gasteiger partial charge < -0.3 is 24.6 Å². The summed E-state index contributed by atoms with van der Waals surface area (Å²) in [6.45, 7) is 0. The van der Waals surface area contributed by atoms with Crippen molar-refractivity contribution in [2.45, 2.75) is 24.7 Å². The fourth-order valence-corrected chi connectivity index (χ4v) is 5.01. The molecule has 176 valence electrons. The number of para-hydroxylation sites is 1. The first-order valence-electron chi connectivity index (χ1n) is 10.9. The van der Waals surface area contributed by atoms with Crippen LogP contribution in [0.15, 0.2) is 52.5 Å². The Balaban J connectivity index is 1.62. The van der Waals surface area contributed by atoms with E-state index in [2.05, 4.69) is 15.5 Å². The number of allylic oxidation sites excluding steroid dienone is 2. The summed E-state index contributed by atoms with van der Waals surface area (Å²) < 4.78 is 16.0. The number of carbonyl (C=O) groups excluding carboxylic acids is 1. The second-order valence-corrected chi connectivity index (χ2v) is 8.36. The van der Waals surface area contributed by atoms with Crippen molar-refractivity contribution in [3.05, 3.63) is 74.7 Å². The van der Waals surface area contributed by atoms with Crippen LogP contribution in [0.4, 0.5) is 5.82 Å². The van der Waals surface area contributed by atoms with Gasteiger partial charge in [-0.15, -0.1) is 0 Å². The molecule has 2 atom stereocenters. The van der Waals surface area contributed by atoms with E-state index in [1.807, 2.05) is 18.2 Å². The minimum absolute atomic E-state index is 0.0907. The Kier molecular flexibility index (Phi) is 5.31. The summed E-state index contributed by atoms with van der Waals surface area (Å²) in [4.78, 5) is 26.3. The molecule has 2 aromatic carbocycles. The number of anilines is 1. The number of hydrogen-bond acceptors (Lipinski definition) is 7. The van der Waals surface area contributed by atoms with Gasteiger partial charge in [0.05, 0.1) is 32.8 Å². The van der Waals surface area contributed by atoms with Crippen LogP contribution >= 0.6 is 0 Å². The largest absolute Gasteiger partial charge is 0.504 e. The molecule has 9 nitrogen and oxygen atoms in total. The van der Waals surface area contributed by atoms with E-state index in [9.17, 15) is 14.7 Å². The highest BCUT2D eigenvalue weighted by atomic mass is 16.5. The number of aromatic amines is 2. The van der Waals surface area contributed by atoms with Crippen molar-refractivity contribution in [1.29, 1.82) is 0 Å². The molecule has 2 aliphatic rings. The third kappa shape index (κ3) is 3.32. The monoisotopic (exact) mass is 463 g/mol. The average Bonchev–Trinajstić information content (AvgIpc) is 3.22. The first kappa shape index (κ1) is 21.7. The standard InChI is InChI=1S/C25H25N3O6/c1-32-17-8-7-12(11-19(17)34-3)13-9-15-21(16(29)10-13)20(22-24(26-15)27-28-25(22)31)14-5-4-6-18(33-2)23(14)30/h4-8,11,13,20,30H,9-10H2,1-3H3,(H3,26,27,28,31)/t13-,20+/m0/s1. The number of benzene rings is 2. The predicted octanol–water partition coefficient (Wildman–Crippen LogP) is 3.39. The molecule has 9 heteroatoms. The number of ketones is 1. The molecule has 0 bridgehead atoms. The van der Waals surface area contributed by atoms with Crippen molar-refractivity contribution in [3.8, 4) is 23.0 Å². The maximum Gasteiger partial charge on any atom is 0.270 e. The van der Waals surface area contributed by atoms with Crippen LogP contribution in [0.5, 0.6) is 23.0 Å². The highest BCUT2D eigenvalue weighted by molar-refractivity contribution is 6.01. The van der Waals surface area contributed by atoms with Crippen molar-refractivity contribution in [3.63, 3.8) is 0 Å². The SMILES string of the molecule is COc1ccc([C@@H]2CC(=O)C3=C(C2)Nc2[nH][nH]c(=O)c2[C@@H]3c2cccc(OC)c2O)cc1OC. The van der Waals surface area contributed by atoms with Crippen LogP contribution in [0, 0.1) is 0 Å². The maximum atomic E-state index is 13.6. The van der Waals surface area contributed by atoms with Crippen molar-refractivity contribution in [2.75, 3.05) is 26.6 Å². The maximum absolute atomic E-state index is 13.6. The highest BCUT2D eigenvalue weighted by Gasteiger charge is 2.41. The molecule has 0 spiro atoms. The number of fused-ring (bicyclic) bond motifs is 1. The Hall–Kier alpha value is -4.14. The summed E-state index contributed by atoms with van der Waals surface area (Å²) in [5.74, 6) is 0.972. The number of carbonyl (C=O) groups is 1. The minimum Gasteiger partial charge on any atom is -0.504 e. The molecule has 5 rings (SSSR count). The summed E-state index contributed by atoms with van der Waals surface area (Å²) in [5.41, 5.74) is 2.60. The van der Waals surface area contributed by atoms with E-state index < -0.39 is 5.92 Å². The van der Waals surface area contributed by atoms with Gasteiger partial charge in [0, 0.05) is 23.3 Å². The van der Waals surface area contributed by atoms with Crippen LogP contribution in [0.1, 0.15) is 41.4 Å². The van der Waals surface area contributed by atoms with Gasteiger partial charge in [0.15, 0.2) is 28.8 Å². The molecule has 0 amide bonds. The Morgan fingerprint density at radius 2 is 1.68 bits per heavy atom. The molecule has 0 radical (unpaired) electrons. The van der Waals surface area contributed by atoms with Gasteiger partial charge in [-0.1, -0.05) is 18.2 Å². The third-order valence-electron chi connectivity index (χ3n) is 6.62. The highest BCUT2D eigenvalue weighted by Crippen LogP contribution is 2.49. The smallest absolute Gasteiger partial charge is 0.270 e. The molecule has 0 unspecified atom stereocenters. The predicted molar refractivity (Wildman–Crippen MR) is 125 cm³/mol.